The van der Waals surface area contributed by atoms with Gasteiger partial charge in [0, 0.05) is 22.0 Å². The lowest BCUT2D eigenvalue weighted by Crippen LogP contribution is -2.09. The summed E-state index contributed by atoms with van der Waals surface area (Å²) in [6.07, 6.45) is 8.48. The molecule has 0 amide bonds. The number of aldehydes is 1. The highest BCUT2D eigenvalue weighted by Gasteiger charge is 2.11. The Labute approximate surface area is 218 Å². The minimum Gasteiger partial charge on any atom is -0.461 e. The maximum absolute atomic E-state index is 11.2. The van der Waals surface area contributed by atoms with E-state index in [1.165, 1.54) is 0 Å². The van der Waals surface area contributed by atoms with E-state index in [0.29, 0.717) is 17.1 Å². The zero-order valence-electron chi connectivity index (χ0n) is 20.0. The second kappa shape index (κ2) is 12.4. The first-order valence-electron chi connectivity index (χ1n) is 11.6. The number of ether oxygens (including phenoxy) is 1. The van der Waals surface area contributed by atoms with Crippen LogP contribution < -0.4 is 9.64 Å². The van der Waals surface area contributed by atoms with E-state index in [2.05, 4.69) is 66.1 Å². The molecule has 0 bridgehead atoms. The molecule has 0 saturated carbocycles. The van der Waals surface area contributed by atoms with E-state index in [-0.39, 0.29) is 0 Å². The zero-order chi connectivity index (χ0) is 25.2. The van der Waals surface area contributed by atoms with E-state index in [0.717, 1.165) is 33.8 Å². The summed E-state index contributed by atoms with van der Waals surface area (Å²) in [4.78, 5) is 14.1. The number of nitrogens with zero attached hydrogens (tertiary/aromatic N) is 1. The van der Waals surface area contributed by atoms with Crippen molar-refractivity contribution in [2.24, 2.45) is 0 Å². The molecule has 36 heavy (non-hydrogen) atoms. The van der Waals surface area contributed by atoms with Crippen LogP contribution in [0.5, 0.6) is 5.75 Å². The van der Waals surface area contributed by atoms with Crippen molar-refractivity contribution in [3.05, 3.63) is 149 Å². The summed E-state index contributed by atoms with van der Waals surface area (Å²) in [7, 11) is 0. The van der Waals surface area contributed by atoms with E-state index < -0.39 is 0 Å². The van der Waals surface area contributed by atoms with Crippen molar-refractivity contribution < 1.29 is 9.53 Å². The Bertz CT molecular complexity index is 1340. The van der Waals surface area contributed by atoms with Gasteiger partial charge in [-0.3, -0.25) is 4.79 Å². The first kappa shape index (κ1) is 24.8. The molecule has 0 saturated heterocycles. The van der Waals surface area contributed by atoms with Crippen molar-refractivity contribution >= 4 is 42.1 Å². The second-order valence-corrected chi connectivity index (χ2v) is 8.58. The summed E-state index contributed by atoms with van der Waals surface area (Å²) < 4.78 is 5.79. The lowest BCUT2D eigenvalue weighted by atomic mass is 10.1. The predicted molar refractivity (Wildman–Crippen MR) is 153 cm³/mol. The van der Waals surface area contributed by atoms with Crippen molar-refractivity contribution in [3.8, 4) is 5.75 Å². The Hall–Kier alpha value is -4.28. The maximum atomic E-state index is 11.2. The van der Waals surface area contributed by atoms with Gasteiger partial charge in [-0.25, -0.2) is 0 Å². The molecule has 0 fully saturated rings. The highest BCUT2D eigenvalue weighted by molar-refractivity contribution is 7.84. The van der Waals surface area contributed by atoms with Crippen molar-refractivity contribution in [3.63, 3.8) is 0 Å². The third-order valence-electron chi connectivity index (χ3n) is 5.40. The van der Waals surface area contributed by atoms with Crippen LogP contribution in [0, 0.1) is 0 Å². The number of allylic oxidation sites excluding steroid dienone is 4. The molecule has 0 spiro atoms. The number of rotatable bonds is 9. The number of carbonyl (C=O) groups excluding carboxylic acids is 1. The second-order valence-electron chi connectivity index (χ2n) is 8.06. The zero-order valence-corrected chi connectivity index (χ0v) is 20.9. The standard InChI is InChI=1S/C32H27NO2S/c1-25(35-32-18-9-8-12-27(32)24-34)23-31(36)17-10-11-26-19-21-30(22-20-26)33(28-13-4-2-5-14-28)29-15-6-3-7-16-29/h2-24,36H,1H3/b11-10+,25-23-,31-17-. The van der Waals surface area contributed by atoms with Crippen LogP contribution in [-0.4, -0.2) is 6.29 Å². The van der Waals surface area contributed by atoms with Gasteiger partial charge in [0.2, 0.25) is 0 Å². The predicted octanol–water partition coefficient (Wildman–Crippen LogP) is 8.78. The van der Waals surface area contributed by atoms with Crippen molar-refractivity contribution in [1.29, 1.82) is 0 Å². The van der Waals surface area contributed by atoms with E-state index >= 15 is 0 Å². The number of anilines is 3. The Morgan fingerprint density at radius 3 is 1.92 bits per heavy atom. The van der Waals surface area contributed by atoms with E-state index in [4.69, 9.17) is 4.74 Å². The molecule has 0 aromatic heterocycles. The Morgan fingerprint density at radius 1 is 0.750 bits per heavy atom. The molecule has 178 valence electrons. The fourth-order valence-corrected chi connectivity index (χ4v) is 3.99. The number of para-hydroxylation sites is 3. The van der Waals surface area contributed by atoms with Crippen molar-refractivity contribution in [2.45, 2.75) is 6.92 Å². The van der Waals surface area contributed by atoms with Crippen LogP contribution in [0.25, 0.3) is 6.08 Å². The Kier molecular flexibility index (Phi) is 8.57. The summed E-state index contributed by atoms with van der Waals surface area (Å²) in [5.74, 6) is 1.17. The van der Waals surface area contributed by atoms with Crippen LogP contribution in [-0.2, 0) is 0 Å². The van der Waals surface area contributed by atoms with Crippen LogP contribution >= 0.6 is 12.6 Å². The van der Waals surface area contributed by atoms with Gasteiger partial charge in [0.05, 0.1) is 5.56 Å². The molecule has 4 heteroatoms. The van der Waals surface area contributed by atoms with Gasteiger partial charge in [0.25, 0.3) is 0 Å². The molecule has 0 aliphatic carbocycles. The SMILES string of the molecule is C/C(=C/C(S)=C/C=C/c1ccc(N(c2ccccc2)c2ccccc2)cc1)Oc1ccccc1C=O. The van der Waals surface area contributed by atoms with Gasteiger partial charge in [0.1, 0.15) is 11.5 Å². The fraction of sp³-hybridized carbons (Fsp3) is 0.0312. The molecule has 0 unspecified atom stereocenters. The first-order chi connectivity index (χ1) is 17.6. The van der Waals surface area contributed by atoms with E-state index in [1.54, 1.807) is 18.2 Å². The molecule has 4 aromatic rings. The van der Waals surface area contributed by atoms with Crippen molar-refractivity contribution in [1.82, 2.24) is 0 Å². The summed E-state index contributed by atoms with van der Waals surface area (Å²) in [5, 5.41) is 0. The maximum Gasteiger partial charge on any atom is 0.153 e. The van der Waals surface area contributed by atoms with Gasteiger partial charge in [-0.05, 0) is 73.2 Å². The average Bonchev–Trinajstić information content (AvgIpc) is 2.91. The minimum absolute atomic E-state index is 0.511. The van der Waals surface area contributed by atoms with E-state index in [9.17, 15) is 4.79 Å². The minimum atomic E-state index is 0.511. The molecular formula is C32H27NO2S. The Morgan fingerprint density at radius 2 is 1.31 bits per heavy atom. The topological polar surface area (TPSA) is 29.5 Å². The summed E-state index contributed by atoms with van der Waals surface area (Å²) in [6, 6.07) is 36.2. The molecule has 0 atom stereocenters. The number of hydrogen-bond donors (Lipinski definition) is 1. The van der Waals surface area contributed by atoms with Gasteiger partial charge in [-0.15, -0.1) is 12.6 Å². The third kappa shape index (κ3) is 6.65. The smallest absolute Gasteiger partial charge is 0.153 e. The normalized spacial score (nSPS) is 11.9. The van der Waals surface area contributed by atoms with E-state index in [1.807, 2.05) is 73.7 Å². The lowest BCUT2D eigenvalue weighted by Gasteiger charge is -2.25. The first-order valence-corrected chi connectivity index (χ1v) is 12.1. The Balaban J connectivity index is 1.46. The van der Waals surface area contributed by atoms with Gasteiger partial charge in [-0.1, -0.05) is 72.8 Å². The number of thiol groups is 1. The number of hydrogen-bond acceptors (Lipinski definition) is 4. The summed E-state index contributed by atoms with van der Waals surface area (Å²) >= 11 is 4.53. The lowest BCUT2D eigenvalue weighted by molar-refractivity contribution is 0.112. The van der Waals surface area contributed by atoms with Crippen LogP contribution in [0.3, 0.4) is 0 Å². The number of benzene rings is 4. The molecule has 0 aliphatic rings. The fourth-order valence-electron chi connectivity index (χ4n) is 3.72. The van der Waals surface area contributed by atoms with Crippen LogP contribution in [0.4, 0.5) is 17.1 Å². The van der Waals surface area contributed by atoms with Crippen LogP contribution in [0.2, 0.25) is 0 Å². The third-order valence-corrected chi connectivity index (χ3v) is 5.68. The van der Waals surface area contributed by atoms with Gasteiger partial charge in [0.15, 0.2) is 6.29 Å². The summed E-state index contributed by atoms with van der Waals surface area (Å²) in [5.41, 5.74) is 4.89. The van der Waals surface area contributed by atoms with Crippen LogP contribution in [0.15, 0.2) is 138 Å². The van der Waals surface area contributed by atoms with Gasteiger partial charge < -0.3 is 9.64 Å². The molecule has 4 aromatic carbocycles. The van der Waals surface area contributed by atoms with Crippen LogP contribution in [0.1, 0.15) is 22.8 Å². The highest BCUT2D eigenvalue weighted by atomic mass is 32.1. The molecule has 0 N–H and O–H groups in total. The molecule has 0 heterocycles. The van der Waals surface area contributed by atoms with Gasteiger partial charge >= 0.3 is 0 Å². The molecular weight excluding hydrogens is 462 g/mol. The largest absolute Gasteiger partial charge is 0.461 e. The molecule has 0 aliphatic heterocycles. The summed E-state index contributed by atoms with van der Waals surface area (Å²) in [6.45, 7) is 1.83. The molecule has 3 nitrogen and oxygen atoms in total. The quantitative estimate of drug-likeness (QED) is 0.110. The monoisotopic (exact) mass is 489 g/mol. The average molecular weight is 490 g/mol. The van der Waals surface area contributed by atoms with Gasteiger partial charge in [-0.2, -0.15) is 0 Å². The highest BCUT2D eigenvalue weighted by Crippen LogP contribution is 2.34. The molecule has 4 rings (SSSR count). The van der Waals surface area contributed by atoms with Crippen molar-refractivity contribution in [2.75, 3.05) is 4.90 Å². The molecule has 0 radical (unpaired) electrons. The number of carbonyl (C=O) groups is 1.